The molecule has 1 aromatic carbocycles. The molecule has 0 atom stereocenters. The van der Waals surface area contributed by atoms with Crippen LogP contribution in [0.15, 0.2) is 29.4 Å². The summed E-state index contributed by atoms with van der Waals surface area (Å²) >= 11 is 5.11. The van der Waals surface area contributed by atoms with Crippen LogP contribution in [0.25, 0.3) is 0 Å². The van der Waals surface area contributed by atoms with Gasteiger partial charge in [-0.05, 0) is 63.0 Å². The van der Waals surface area contributed by atoms with Gasteiger partial charge in [0, 0.05) is 24.8 Å². The highest BCUT2D eigenvalue weighted by atomic mass is 32.1. The van der Waals surface area contributed by atoms with Crippen LogP contribution < -0.4 is 15.6 Å². The molecule has 1 heterocycles. The van der Waals surface area contributed by atoms with Gasteiger partial charge in [0.05, 0.1) is 6.21 Å². The van der Waals surface area contributed by atoms with Crippen LogP contribution >= 0.6 is 12.2 Å². The van der Waals surface area contributed by atoms with Gasteiger partial charge in [0.25, 0.3) is 0 Å². The third kappa shape index (κ3) is 5.34. The minimum absolute atomic E-state index is 0.309. The van der Waals surface area contributed by atoms with Crippen molar-refractivity contribution in [3.8, 4) is 0 Å². The molecule has 5 heteroatoms. The number of rotatable bonds is 4. The van der Waals surface area contributed by atoms with E-state index >= 15 is 0 Å². The normalized spacial score (nSPS) is 15.5. The molecule has 0 aromatic heterocycles. The lowest BCUT2D eigenvalue weighted by Crippen LogP contribution is -2.36. The van der Waals surface area contributed by atoms with Gasteiger partial charge in [0.2, 0.25) is 0 Å². The highest BCUT2D eigenvalue weighted by molar-refractivity contribution is 7.80. The molecule has 1 fully saturated rings. The first-order valence-electron chi connectivity index (χ1n) is 7.60. The number of benzene rings is 1. The maximum Gasteiger partial charge on any atom is 0.187 e. The van der Waals surface area contributed by atoms with Gasteiger partial charge in [0.15, 0.2) is 5.11 Å². The summed E-state index contributed by atoms with van der Waals surface area (Å²) in [7, 11) is 0. The lowest BCUT2D eigenvalue weighted by atomic mass is 10.1. The Hall–Kier alpha value is -1.62. The van der Waals surface area contributed by atoms with Gasteiger partial charge in [-0.15, -0.1) is 0 Å². The Morgan fingerprint density at radius 3 is 2.48 bits per heavy atom. The maximum atomic E-state index is 5.11. The molecular formula is C16H24N4S. The largest absolute Gasteiger partial charge is 0.372 e. The van der Waals surface area contributed by atoms with Gasteiger partial charge in [-0.3, -0.25) is 5.43 Å². The third-order valence-electron chi connectivity index (χ3n) is 3.41. The maximum absolute atomic E-state index is 5.11. The zero-order chi connectivity index (χ0) is 15.1. The number of hydrogen-bond acceptors (Lipinski definition) is 3. The molecule has 0 radical (unpaired) electrons. The second-order valence-electron chi connectivity index (χ2n) is 5.64. The summed E-state index contributed by atoms with van der Waals surface area (Å²) in [5, 5.41) is 7.77. The average Bonchev–Trinajstić information content (AvgIpc) is 2.48. The Morgan fingerprint density at radius 1 is 1.19 bits per heavy atom. The molecule has 0 spiro atoms. The highest BCUT2D eigenvalue weighted by Crippen LogP contribution is 2.19. The Kier molecular flexibility index (Phi) is 5.99. The van der Waals surface area contributed by atoms with E-state index in [4.69, 9.17) is 12.2 Å². The van der Waals surface area contributed by atoms with Crippen molar-refractivity contribution < 1.29 is 0 Å². The van der Waals surface area contributed by atoms with Crippen molar-refractivity contribution >= 4 is 29.2 Å². The van der Waals surface area contributed by atoms with Crippen LogP contribution in [0.4, 0.5) is 5.69 Å². The van der Waals surface area contributed by atoms with E-state index in [-0.39, 0.29) is 0 Å². The summed E-state index contributed by atoms with van der Waals surface area (Å²) in [6.45, 7) is 6.42. The molecule has 21 heavy (non-hydrogen) atoms. The molecular weight excluding hydrogens is 280 g/mol. The second-order valence-corrected chi connectivity index (χ2v) is 6.05. The molecule has 2 rings (SSSR count). The molecule has 1 saturated heterocycles. The molecule has 0 saturated carbocycles. The van der Waals surface area contributed by atoms with Crippen LogP contribution in [0.1, 0.15) is 38.7 Å². The number of nitrogens with one attached hydrogen (secondary N) is 2. The first-order chi connectivity index (χ1) is 10.1. The number of anilines is 1. The Bertz CT molecular complexity index is 476. The molecule has 1 aliphatic rings. The Balaban J connectivity index is 1.85. The molecule has 4 nitrogen and oxygen atoms in total. The van der Waals surface area contributed by atoms with Crippen molar-refractivity contribution in [2.24, 2.45) is 5.10 Å². The average molecular weight is 304 g/mol. The predicted octanol–water partition coefficient (Wildman–Crippen LogP) is 2.88. The van der Waals surface area contributed by atoms with Crippen LogP contribution in [0.5, 0.6) is 0 Å². The minimum atomic E-state index is 0.309. The van der Waals surface area contributed by atoms with E-state index < -0.39 is 0 Å². The first-order valence-corrected chi connectivity index (χ1v) is 8.00. The number of nitrogens with zero attached hydrogens (tertiary/aromatic N) is 2. The Morgan fingerprint density at radius 2 is 1.86 bits per heavy atom. The van der Waals surface area contributed by atoms with Gasteiger partial charge in [-0.1, -0.05) is 12.1 Å². The lowest BCUT2D eigenvalue weighted by molar-refractivity contribution is 0.578. The number of hydrogen-bond donors (Lipinski definition) is 2. The zero-order valence-electron chi connectivity index (χ0n) is 12.8. The fourth-order valence-electron chi connectivity index (χ4n) is 2.38. The van der Waals surface area contributed by atoms with Gasteiger partial charge in [0.1, 0.15) is 0 Å². The van der Waals surface area contributed by atoms with E-state index in [1.165, 1.54) is 38.0 Å². The molecule has 114 valence electrons. The number of hydrazone groups is 1. The van der Waals surface area contributed by atoms with Gasteiger partial charge in [-0.2, -0.15) is 5.10 Å². The van der Waals surface area contributed by atoms with E-state index in [2.05, 4.69) is 45.0 Å². The number of piperidine rings is 1. The molecule has 0 aliphatic carbocycles. The zero-order valence-corrected chi connectivity index (χ0v) is 13.6. The summed E-state index contributed by atoms with van der Waals surface area (Å²) < 4.78 is 0. The van der Waals surface area contributed by atoms with E-state index in [9.17, 15) is 0 Å². The first kappa shape index (κ1) is 15.8. The summed E-state index contributed by atoms with van der Waals surface area (Å²) in [5.41, 5.74) is 5.19. The van der Waals surface area contributed by atoms with E-state index in [0.717, 1.165) is 5.56 Å². The summed E-state index contributed by atoms with van der Waals surface area (Å²) in [5.74, 6) is 0. The fraction of sp³-hybridized carbons (Fsp3) is 0.500. The highest BCUT2D eigenvalue weighted by Gasteiger charge is 2.10. The summed E-state index contributed by atoms with van der Waals surface area (Å²) in [6, 6.07) is 8.82. The van der Waals surface area contributed by atoms with Crippen LogP contribution in [-0.2, 0) is 0 Å². The minimum Gasteiger partial charge on any atom is -0.372 e. The SMILES string of the molecule is CC(C)NC(=S)N/N=C\c1ccc(N2CCCCC2)cc1. The van der Waals surface area contributed by atoms with E-state index in [1.807, 2.05) is 13.8 Å². The van der Waals surface area contributed by atoms with E-state index in [1.54, 1.807) is 6.21 Å². The smallest absolute Gasteiger partial charge is 0.187 e. The molecule has 0 unspecified atom stereocenters. The standard InChI is InChI=1S/C16H24N4S/c1-13(2)18-16(21)19-17-12-14-6-8-15(9-7-14)20-10-4-3-5-11-20/h6-9,12-13H,3-5,10-11H2,1-2H3,(H2,18,19,21)/b17-12-. The summed E-state index contributed by atoms with van der Waals surface area (Å²) in [6.07, 6.45) is 5.74. The van der Waals surface area contributed by atoms with Crippen LogP contribution in [0.3, 0.4) is 0 Å². The lowest BCUT2D eigenvalue weighted by Gasteiger charge is -2.28. The van der Waals surface area contributed by atoms with E-state index in [0.29, 0.717) is 11.2 Å². The van der Waals surface area contributed by atoms with Crippen molar-refractivity contribution in [2.75, 3.05) is 18.0 Å². The van der Waals surface area contributed by atoms with Crippen molar-refractivity contribution in [1.82, 2.24) is 10.7 Å². The van der Waals surface area contributed by atoms with Crippen LogP contribution in [0, 0.1) is 0 Å². The summed E-state index contributed by atoms with van der Waals surface area (Å²) in [4.78, 5) is 2.45. The third-order valence-corrected chi connectivity index (χ3v) is 3.62. The molecule has 0 amide bonds. The number of thiocarbonyl (C=S) groups is 1. The van der Waals surface area contributed by atoms with Gasteiger partial charge in [-0.25, -0.2) is 0 Å². The molecule has 0 bridgehead atoms. The predicted molar refractivity (Wildman–Crippen MR) is 94.1 cm³/mol. The monoisotopic (exact) mass is 304 g/mol. The van der Waals surface area contributed by atoms with Gasteiger partial charge >= 0.3 is 0 Å². The molecule has 2 N–H and O–H groups in total. The Labute approximate surface area is 132 Å². The van der Waals surface area contributed by atoms with Crippen molar-refractivity contribution in [1.29, 1.82) is 0 Å². The van der Waals surface area contributed by atoms with Crippen molar-refractivity contribution in [3.63, 3.8) is 0 Å². The molecule has 1 aliphatic heterocycles. The topological polar surface area (TPSA) is 39.7 Å². The molecule has 1 aromatic rings. The second kappa shape index (κ2) is 7.98. The van der Waals surface area contributed by atoms with Crippen molar-refractivity contribution in [3.05, 3.63) is 29.8 Å². The van der Waals surface area contributed by atoms with Gasteiger partial charge < -0.3 is 10.2 Å². The van der Waals surface area contributed by atoms with Crippen LogP contribution in [-0.4, -0.2) is 30.5 Å². The quantitative estimate of drug-likeness (QED) is 0.510. The van der Waals surface area contributed by atoms with Crippen molar-refractivity contribution in [2.45, 2.75) is 39.2 Å². The van der Waals surface area contributed by atoms with Crippen LogP contribution in [0.2, 0.25) is 0 Å². The fourth-order valence-corrected chi connectivity index (χ4v) is 2.67.